The molecule has 0 N–H and O–H groups in total. The molecule has 80 valence electrons. The first-order chi connectivity index (χ1) is 7.67. The summed E-state index contributed by atoms with van der Waals surface area (Å²) in [5, 5.41) is 12.6. The van der Waals surface area contributed by atoms with Crippen molar-refractivity contribution >= 4 is 0 Å². The van der Waals surface area contributed by atoms with Crippen LogP contribution in [0.15, 0.2) is 30.6 Å². The van der Waals surface area contributed by atoms with Crippen molar-refractivity contribution in [2.45, 2.75) is 0 Å². The molecule has 2 rings (SSSR count). The minimum absolute atomic E-state index is 0.221. The number of rotatable bonds is 2. The van der Waals surface area contributed by atoms with Gasteiger partial charge in [-0.05, 0) is 12.1 Å². The Morgan fingerprint density at radius 2 is 2.19 bits per heavy atom. The largest absolute Gasteiger partial charge is 0.454 e. The van der Waals surface area contributed by atoms with Crippen LogP contribution >= 0.6 is 0 Å². The summed E-state index contributed by atoms with van der Waals surface area (Å²) in [4.78, 5) is 0. The van der Waals surface area contributed by atoms with Gasteiger partial charge in [-0.3, -0.25) is 4.68 Å². The lowest BCUT2D eigenvalue weighted by Crippen LogP contribution is -1.87. The summed E-state index contributed by atoms with van der Waals surface area (Å²) in [5.74, 6) is 0.277. The Morgan fingerprint density at radius 1 is 1.38 bits per heavy atom. The van der Waals surface area contributed by atoms with Gasteiger partial charge in [-0.2, -0.15) is 10.4 Å². The second-order valence-electron chi connectivity index (χ2n) is 3.24. The fourth-order valence-electron chi connectivity index (χ4n) is 1.27. The van der Waals surface area contributed by atoms with E-state index in [9.17, 15) is 4.39 Å². The van der Waals surface area contributed by atoms with Gasteiger partial charge in [-0.25, -0.2) is 4.39 Å². The molecule has 0 radical (unpaired) electrons. The lowest BCUT2D eigenvalue weighted by atomic mass is 10.2. The zero-order chi connectivity index (χ0) is 11.5. The highest BCUT2D eigenvalue weighted by molar-refractivity contribution is 5.38. The van der Waals surface area contributed by atoms with Gasteiger partial charge in [0.1, 0.15) is 11.6 Å². The molecule has 1 heterocycles. The standard InChI is InChI=1S/C11H8FN3O/c1-15-7-11(6-14-15)16-10-3-8(5-13)2-9(12)4-10/h2-4,6-7H,1H3. The molecule has 0 amide bonds. The molecule has 0 unspecified atom stereocenters. The first-order valence-corrected chi connectivity index (χ1v) is 4.54. The van der Waals surface area contributed by atoms with E-state index in [1.54, 1.807) is 17.9 Å². The summed E-state index contributed by atoms with van der Waals surface area (Å²) in [6.07, 6.45) is 3.16. The monoisotopic (exact) mass is 217 g/mol. The number of hydrogen-bond acceptors (Lipinski definition) is 3. The number of aromatic nitrogens is 2. The summed E-state index contributed by atoms with van der Waals surface area (Å²) >= 11 is 0. The van der Waals surface area contributed by atoms with Gasteiger partial charge >= 0.3 is 0 Å². The van der Waals surface area contributed by atoms with Crippen molar-refractivity contribution in [2.24, 2.45) is 7.05 Å². The van der Waals surface area contributed by atoms with Gasteiger partial charge in [-0.15, -0.1) is 0 Å². The van der Waals surface area contributed by atoms with Crippen LogP contribution < -0.4 is 4.74 Å². The topological polar surface area (TPSA) is 50.8 Å². The molecule has 0 bridgehead atoms. The van der Waals surface area contributed by atoms with Crippen molar-refractivity contribution in [2.75, 3.05) is 0 Å². The lowest BCUT2D eigenvalue weighted by Gasteiger charge is -2.02. The number of nitrogens with zero attached hydrogens (tertiary/aromatic N) is 3. The predicted octanol–water partition coefficient (Wildman–Crippen LogP) is 2.22. The van der Waals surface area contributed by atoms with Crippen molar-refractivity contribution in [3.8, 4) is 17.6 Å². The van der Waals surface area contributed by atoms with Gasteiger partial charge in [0, 0.05) is 13.1 Å². The van der Waals surface area contributed by atoms with E-state index in [0.29, 0.717) is 5.75 Å². The number of aryl methyl sites for hydroxylation is 1. The second-order valence-corrected chi connectivity index (χ2v) is 3.24. The van der Waals surface area contributed by atoms with Crippen LogP contribution in [-0.2, 0) is 7.05 Å². The summed E-state index contributed by atoms with van der Waals surface area (Å²) in [6, 6.07) is 5.69. The van der Waals surface area contributed by atoms with E-state index in [4.69, 9.17) is 10.00 Å². The van der Waals surface area contributed by atoms with Crippen LogP contribution in [-0.4, -0.2) is 9.78 Å². The number of halogens is 1. The molecule has 1 aromatic carbocycles. The third-order valence-corrected chi connectivity index (χ3v) is 1.92. The maximum Gasteiger partial charge on any atom is 0.165 e. The number of benzene rings is 1. The maximum absolute atomic E-state index is 13.1. The number of hydrogen-bond donors (Lipinski definition) is 0. The molecule has 0 aliphatic heterocycles. The Hall–Kier alpha value is -2.35. The van der Waals surface area contributed by atoms with Crippen molar-refractivity contribution in [1.82, 2.24) is 9.78 Å². The Labute approximate surface area is 91.5 Å². The highest BCUT2D eigenvalue weighted by atomic mass is 19.1. The smallest absolute Gasteiger partial charge is 0.165 e. The molecule has 0 aliphatic carbocycles. The lowest BCUT2D eigenvalue weighted by molar-refractivity contribution is 0.476. The van der Waals surface area contributed by atoms with E-state index in [2.05, 4.69) is 5.10 Å². The second kappa shape index (κ2) is 4.03. The van der Waals surface area contributed by atoms with Crippen LogP contribution in [0.4, 0.5) is 4.39 Å². The van der Waals surface area contributed by atoms with Crippen LogP contribution in [0.25, 0.3) is 0 Å². The van der Waals surface area contributed by atoms with Gasteiger partial charge in [-0.1, -0.05) is 0 Å². The molecular formula is C11H8FN3O. The summed E-state index contributed by atoms with van der Waals surface area (Å²) in [7, 11) is 1.75. The quantitative estimate of drug-likeness (QED) is 0.775. The van der Waals surface area contributed by atoms with Gasteiger partial charge < -0.3 is 4.74 Å². The Kier molecular flexibility index (Phi) is 2.56. The molecule has 0 saturated carbocycles. The summed E-state index contributed by atoms with van der Waals surface area (Å²) in [5.41, 5.74) is 0.221. The van der Waals surface area contributed by atoms with E-state index in [0.717, 1.165) is 6.07 Å². The van der Waals surface area contributed by atoms with Crippen LogP contribution in [0.5, 0.6) is 11.5 Å². The maximum atomic E-state index is 13.1. The Morgan fingerprint density at radius 3 is 2.81 bits per heavy atom. The average Bonchev–Trinajstić information content (AvgIpc) is 2.63. The molecular weight excluding hydrogens is 209 g/mol. The molecule has 0 saturated heterocycles. The van der Waals surface area contributed by atoms with E-state index in [1.165, 1.54) is 18.3 Å². The Balaban J connectivity index is 2.28. The van der Waals surface area contributed by atoms with E-state index >= 15 is 0 Å². The molecule has 16 heavy (non-hydrogen) atoms. The van der Waals surface area contributed by atoms with E-state index in [-0.39, 0.29) is 11.3 Å². The summed E-state index contributed by atoms with van der Waals surface area (Å²) in [6.45, 7) is 0. The van der Waals surface area contributed by atoms with Crippen LogP contribution in [0, 0.1) is 17.1 Å². The zero-order valence-corrected chi connectivity index (χ0v) is 8.51. The SMILES string of the molecule is Cn1cc(Oc2cc(F)cc(C#N)c2)cn1. The molecule has 0 spiro atoms. The molecule has 0 atom stereocenters. The third kappa shape index (κ3) is 2.17. The van der Waals surface area contributed by atoms with E-state index < -0.39 is 5.82 Å². The Bertz CT molecular complexity index is 557. The molecule has 2 aromatic rings. The highest BCUT2D eigenvalue weighted by Crippen LogP contribution is 2.22. The molecule has 0 aliphatic rings. The fourth-order valence-corrected chi connectivity index (χ4v) is 1.27. The van der Waals surface area contributed by atoms with Crippen molar-refractivity contribution in [3.63, 3.8) is 0 Å². The minimum Gasteiger partial charge on any atom is -0.454 e. The summed E-state index contributed by atoms with van der Waals surface area (Å²) < 4.78 is 20.0. The van der Waals surface area contributed by atoms with E-state index in [1.807, 2.05) is 6.07 Å². The zero-order valence-electron chi connectivity index (χ0n) is 8.51. The van der Waals surface area contributed by atoms with Gasteiger partial charge in [0.25, 0.3) is 0 Å². The van der Waals surface area contributed by atoms with Crippen LogP contribution in [0.2, 0.25) is 0 Å². The van der Waals surface area contributed by atoms with Crippen LogP contribution in [0.1, 0.15) is 5.56 Å². The third-order valence-electron chi connectivity index (χ3n) is 1.92. The van der Waals surface area contributed by atoms with Crippen molar-refractivity contribution in [1.29, 1.82) is 5.26 Å². The van der Waals surface area contributed by atoms with Gasteiger partial charge in [0.05, 0.1) is 24.0 Å². The van der Waals surface area contributed by atoms with Crippen LogP contribution in [0.3, 0.4) is 0 Å². The number of nitriles is 1. The van der Waals surface area contributed by atoms with Gasteiger partial charge in [0.15, 0.2) is 5.75 Å². The van der Waals surface area contributed by atoms with Crippen molar-refractivity contribution < 1.29 is 9.13 Å². The van der Waals surface area contributed by atoms with Crippen molar-refractivity contribution in [3.05, 3.63) is 42.0 Å². The highest BCUT2D eigenvalue weighted by Gasteiger charge is 2.04. The fraction of sp³-hybridized carbons (Fsp3) is 0.0909. The first kappa shape index (κ1) is 10.2. The molecule has 4 nitrogen and oxygen atoms in total. The first-order valence-electron chi connectivity index (χ1n) is 4.54. The minimum atomic E-state index is -0.502. The molecule has 0 fully saturated rings. The predicted molar refractivity (Wildman–Crippen MR) is 54.4 cm³/mol. The molecule has 1 aromatic heterocycles. The number of ether oxygens (including phenoxy) is 1. The van der Waals surface area contributed by atoms with Gasteiger partial charge in [0.2, 0.25) is 0 Å². The molecule has 5 heteroatoms. The normalized spacial score (nSPS) is 9.81. The average molecular weight is 217 g/mol.